The summed E-state index contributed by atoms with van der Waals surface area (Å²) in [6, 6.07) is 9.32. The smallest absolute Gasteiger partial charge is 0.251 e. The highest BCUT2D eigenvalue weighted by atomic mass is 16.2. The third-order valence-corrected chi connectivity index (χ3v) is 3.61. The van der Waals surface area contributed by atoms with Crippen LogP contribution in [0.4, 0.5) is 5.82 Å². The fraction of sp³-hybridized carbons (Fsp3) is 0.267. The molecule has 2 heterocycles. The Morgan fingerprint density at radius 2 is 2.05 bits per heavy atom. The van der Waals surface area contributed by atoms with Crippen LogP contribution in [-0.4, -0.2) is 34.8 Å². The van der Waals surface area contributed by atoms with Crippen molar-refractivity contribution in [3.63, 3.8) is 0 Å². The summed E-state index contributed by atoms with van der Waals surface area (Å²) in [6.45, 7) is 1.94. The average Bonchev–Trinajstić information content (AvgIpc) is 2.67. The number of para-hydroxylation sites is 1. The zero-order valence-electron chi connectivity index (χ0n) is 11.4. The molecule has 0 aliphatic carbocycles. The molecular formula is C15H15N3O2. The molecular weight excluding hydrogens is 254 g/mol. The average molecular weight is 269 g/mol. The Kier molecular flexibility index (Phi) is 2.89. The van der Waals surface area contributed by atoms with Crippen LogP contribution in [-0.2, 0) is 9.59 Å². The third-order valence-electron chi connectivity index (χ3n) is 3.61. The van der Waals surface area contributed by atoms with Gasteiger partial charge in [-0.15, -0.1) is 0 Å². The summed E-state index contributed by atoms with van der Waals surface area (Å²) in [6.07, 6.45) is 0.184. The van der Waals surface area contributed by atoms with E-state index in [1.165, 1.54) is 7.05 Å². The molecule has 0 spiro atoms. The van der Waals surface area contributed by atoms with Gasteiger partial charge < -0.3 is 5.32 Å². The zero-order valence-corrected chi connectivity index (χ0v) is 11.4. The van der Waals surface area contributed by atoms with Crippen molar-refractivity contribution in [3.8, 4) is 0 Å². The van der Waals surface area contributed by atoms with E-state index in [0.29, 0.717) is 5.82 Å². The number of amides is 2. The summed E-state index contributed by atoms with van der Waals surface area (Å²) in [5, 5.41) is 4.15. The number of carbonyl (C=O) groups excluding carboxylic acids is 2. The molecule has 1 unspecified atom stereocenters. The number of rotatable bonds is 2. The van der Waals surface area contributed by atoms with E-state index in [-0.39, 0.29) is 18.2 Å². The van der Waals surface area contributed by atoms with Crippen LogP contribution >= 0.6 is 0 Å². The number of fused-ring (bicyclic) bond motifs is 1. The molecule has 0 saturated carbocycles. The number of pyridine rings is 1. The minimum atomic E-state index is -0.514. The van der Waals surface area contributed by atoms with Crippen molar-refractivity contribution in [2.45, 2.75) is 19.4 Å². The summed E-state index contributed by atoms with van der Waals surface area (Å²) in [5.74, 6) is 0.292. The number of carbonyl (C=O) groups is 2. The molecule has 3 rings (SSSR count). The maximum absolute atomic E-state index is 11.9. The Morgan fingerprint density at radius 1 is 1.30 bits per heavy atom. The lowest BCUT2D eigenvalue weighted by Crippen LogP contribution is -2.32. The molecule has 5 heteroatoms. The third kappa shape index (κ3) is 2.01. The van der Waals surface area contributed by atoms with Crippen molar-refractivity contribution in [2.24, 2.45) is 0 Å². The van der Waals surface area contributed by atoms with Gasteiger partial charge in [0.2, 0.25) is 5.91 Å². The molecule has 1 aliphatic rings. The summed E-state index contributed by atoms with van der Waals surface area (Å²) in [7, 11) is 1.51. The first-order valence-corrected chi connectivity index (χ1v) is 6.49. The van der Waals surface area contributed by atoms with Crippen LogP contribution in [0.5, 0.6) is 0 Å². The van der Waals surface area contributed by atoms with Gasteiger partial charge in [0, 0.05) is 12.4 Å². The minimum absolute atomic E-state index is 0.161. The summed E-state index contributed by atoms with van der Waals surface area (Å²) in [4.78, 5) is 29.1. The molecule has 2 amide bonds. The van der Waals surface area contributed by atoms with Gasteiger partial charge in [-0.05, 0) is 24.6 Å². The number of hydrogen-bond donors (Lipinski definition) is 1. The van der Waals surface area contributed by atoms with E-state index < -0.39 is 6.04 Å². The van der Waals surface area contributed by atoms with E-state index in [2.05, 4.69) is 10.3 Å². The van der Waals surface area contributed by atoms with Crippen molar-refractivity contribution in [2.75, 3.05) is 12.4 Å². The number of aromatic nitrogens is 1. The van der Waals surface area contributed by atoms with Gasteiger partial charge in [-0.2, -0.15) is 0 Å². The van der Waals surface area contributed by atoms with Crippen molar-refractivity contribution in [3.05, 3.63) is 35.9 Å². The van der Waals surface area contributed by atoms with Crippen LogP contribution in [0.3, 0.4) is 0 Å². The second kappa shape index (κ2) is 4.59. The quantitative estimate of drug-likeness (QED) is 0.843. The molecule has 0 radical (unpaired) electrons. The molecule has 1 aromatic heterocycles. The van der Waals surface area contributed by atoms with Gasteiger partial charge in [-0.3, -0.25) is 14.5 Å². The predicted octanol–water partition coefficient (Wildman–Crippen LogP) is 1.71. The van der Waals surface area contributed by atoms with Crippen molar-refractivity contribution in [1.29, 1.82) is 0 Å². The van der Waals surface area contributed by atoms with Gasteiger partial charge in [0.05, 0.1) is 11.9 Å². The predicted molar refractivity (Wildman–Crippen MR) is 76.3 cm³/mol. The highest BCUT2D eigenvalue weighted by Gasteiger charge is 2.36. The fourth-order valence-corrected chi connectivity index (χ4v) is 2.40. The first-order chi connectivity index (χ1) is 9.56. The SMILES string of the molecule is Cc1cc2ccccc2nc1NC1CC(=O)N(C)C1=O. The van der Waals surface area contributed by atoms with Gasteiger partial charge in [0.25, 0.3) is 5.91 Å². The highest BCUT2D eigenvalue weighted by molar-refractivity contribution is 6.06. The Morgan fingerprint density at radius 3 is 2.75 bits per heavy atom. The molecule has 1 N–H and O–H groups in total. The molecule has 2 aromatic rings. The maximum Gasteiger partial charge on any atom is 0.251 e. The zero-order chi connectivity index (χ0) is 14.3. The maximum atomic E-state index is 11.9. The van der Waals surface area contributed by atoms with E-state index in [9.17, 15) is 9.59 Å². The number of nitrogens with one attached hydrogen (secondary N) is 1. The van der Waals surface area contributed by atoms with Crippen molar-refractivity contribution < 1.29 is 9.59 Å². The number of hydrogen-bond acceptors (Lipinski definition) is 4. The fourth-order valence-electron chi connectivity index (χ4n) is 2.40. The van der Waals surface area contributed by atoms with Crippen LogP contribution in [0.2, 0.25) is 0 Å². The standard InChI is InChI=1S/C15H15N3O2/c1-9-7-10-5-3-4-6-11(10)16-14(9)17-12-8-13(19)18(2)15(12)20/h3-7,12H,8H2,1-2H3,(H,16,17). The van der Waals surface area contributed by atoms with Crippen LogP contribution in [0.1, 0.15) is 12.0 Å². The first kappa shape index (κ1) is 12.6. The number of aryl methyl sites for hydroxylation is 1. The van der Waals surface area contributed by atoms with Gasteiger partial charge >= 0.3 is 0 Å². The molecule has 0 bridgehead atoms. The molecule has 1 atom stereocenters. The van der Waals surface area contributed by atoms with Gasteiger partial charge in [0.1, 0.15) is 11.9 Å². The number of anilines is 1. The van der Waals surface area contributed by atoms with Crippen LogP contribution in [0.15, 0.2) is 30.3 Å². The lowest BCUT2D eigenvalue weighted by atomic mass is 10.1. The summed E-state index contributed by atoms with van der Waals surface area (Å²) in [5.41, 5.74) is 1.82. The highest BCUT2D eigenvalue weighted by Crippen LogP contribution is 2.22. The van der Waals surface area contributed by atoms with Gasteiger partial charge in [0.15, 0.2) is 0 Å². The molecule has 1 aliphatic heterocycles. The Labute approximate surface area is 116 Å². The largest absolute Gasteiger partial charge is 0.358 e. The van der Waals surface area contributed by atoms with Gasteiger partial charge in [-0.1, -0.05) is 18.2 Å². The molecule has 102 valence electrons. The van der Waals surface area contributed by atoms with E-state index in [4.69, 9.17) is 0 Å². The first-order valence-electron chi connectivity index (χ1n) is 6.49. The number of imide groups is 1. The van der Waals surface area contributed by atoms with Crippen LogP contribution in [0, 0.1) is 6.92 Å². The lowest BCUT2D eigenvalue weighted by Gasteiger charge is -2.14. The normalized spacial score (nSPS) is 18.9. The van der Waals surface area contributed by atoms with E-state index in [1.807, 2.05) is 37.3 Å². The second-order valence-corrected chi connectivity index (χ2v) is 5.04. The lowest BCUT2D eigenvalue weighted by molar-refractivity contribution is -0.136. The summed E-state index contributed by atoms with van der Waals surface area (Å²) >= 11 is 0. The molecule has 1 saturated heterocycles. The topological polar surface area (TPSA) is 62.3 Å². The minimum Gasteiger partial charge on any atom is -0.358 e. The number of nitrogens with zero attached hydrogens (tertiary/aromatic N) is 2. The van der Waals surface area contributed by atoms with Crippen molar-refractivity contribution in [1.82, 2.24) is 9.88 Å². The van der Waals surface area contributed by atoms with Gasteiger partial charge in [-0.25, -0.2) is 4.98 Å². The number of likely N-dealkylation sites (N-methyl/N-ethyl adjacent to an activating group) is 1. The summed E-state index contributed by atoms with van der Waals surface area (Å²) < 4.78 is 0. The molecule has 20 heavy (non-hydrogen) atoms. The van der Waals surface area contributed by atoms with E-state index in [0.717, 1.165) is 21.4 Å². The van der Waals surface area contributed by atoms with Crippen LogP contribution in [0.25, 0.3) is 10.9 Å². The van der Waals surface area contributed by atoms with E-state index in [1.54, 1.807) is 0 Å². The number of benzene rings is 1. The number of likely N-dealkylation sites (tertiary alicyclic amines) is 1. The molecule has 1 fully saturated rings. The molecule has 5 nitrogen and oxygen atoms in total. The Balaban J connectivity index is 1.93. The van der Waals surface area contributed by atoms with Crippen molar-refractivity contribution >= 4 is 28.5 Å². The Hall–Kier alpha value is -2.43. The monoisotopic (exact) mass is 269 g/mol. The molecule has 1 aromatic carbocycles. The Bertz CT molecular complexity index is 711. The second-order valence-electron chi connectivity index (χ2n) is 5.04. The van der Waals surface area contributed by atoms with Crippen LogP contribution < -0.4 is 5.32 Å². The van der Waals surface area contributed by atoms with E-state index >= 15 is 0 Å².